The van der Waals surface area contributed by atoms with Crippen molar-refractivity contribution < 1.29 is 19.0 Å². The van der Waals surface area contributed by atoms with Crippen molar-refractivity contribution in [2.75, 3.05) is 20.3 Å². The number of benzene rings is 2. The summed E-state index contributed by atoms with van der Waals surface area (Å²) >= 11 is 0. The van der Waals surface area contributed by atoms with Gasteiger partial charge in [-0.25, -0.2) is 5.43 Å². The van der Waals surface area contributed by atoms with E-state index in [4.69, 9.17) is 14.2 Å². The van der Waals surface area contributed by atoms with Crippen molar-refractivity contribution in [1.82, 2.24) is 5.43 Å². The van der Waals surface area contributed by atoms with Crippen molar-refractivity contribution in [3.05, 3.63) is 54.1 Å². The predicted molar refractivity (Wildman–Crippen MR) is 106 cm³/mol. The number of amides is 1. The van der Waals surface area contributed by atoms with Crippen LogP contribution in [-0.4, -0.2) is 32.4 Å². The highest BCUT2D eigenvalue weighted by Gasteiger charge is 2.02. The summed E-state index contributed by atoms with van der Waals surface area (Å²) in [5.41, 5.74) is 3.30. The average molecular weight is 370 g/mol. The van der Waals surface area contributed by atoms with Gasteiger partial charge in [0.2, 0.25) is 0 Å². The average Bonchev–Trinajstić information content (AvgIpc) is 2.68. The number of ether oxygens (including phenoxy) is 3. The molecule has 27 heavy (non-hydrogen) atoms. The van der Waals surface area contributed by atoms with Gasteiger partial charge >= 0.3 is 0 Å². The molecule has 0 radical (unpaired) electrons. The van der Waals surface area contributed by atoms with E-state index in [1.54, 1.807) is 37.6 Å². The zero-order chi connectivity index (χ0) is 19.5. The highest BCUT2D eigenvalue weighted by atomic mass is 16.5. The minimum Gasteiger partial charge on any atom is -0.497 e. The number of carbonyl (C=O) groups excluding carboxylic acids is 1. The molecule has 0 bridgehead atoms. The molecule has 0 saturated carbocycles. The Balaban J connectivity index is 1.71. The van der Waals surface area contributed by atoms with Crippen LogP contribution in [0.5, 0.6) is 17.2 Å². The number of carbonyl (C=O) groups is 1. The molecule has 0 aliphatic heterocycles. The van der Waals surface area contributed by atoms with E-state index in [9.17, 15) is 4.79 Å². The summed E-state index contributed by atoms with van der Waals surface area (Å²) in [5, 5.41) is 3.93. The number of hydrogen-bond donors (Lipinski definition) is 1. The maximum Gasteiger partial charge on any atom is 0.277 e. The Kier molecular flexibility index (Phi) is 8.16. The summed E-state index contributed by atoms with van der Waals surface area (Å²) in [6.45, 7) is 4.92. The molecule has 6 heteroatoms. The zero-order valence-corrected chi connectivity index (χ0v) is 16.0. The van der Waals surface area contributed by atoms with Crippen LogP contribution >= 0.6 is 0 Å². The van der Waals surface area contributed by atoms with Crippen molar-refractivity contribution >= 4 is 12.1 Å². The molecule has 0 aromatic heterocycles. The second-order valence-corrected chi connectivity index (χ2v) is 6.36. The fourth-order valence-electron chi connectivity index (χ4n) is 2.09. The minimum absolute atomic E-state index is 0.119. The molecule has 144 valence electrons. The third-order valence-electron chi connectivity index (χ3n) is 3.68. The molecule has 1 N–H and O–H groups in total. The van der Waals surface area contributed by atoms with Gasteiger partial charge in [-0.3, -0.25) is 4.79 Å². The van der Waals surface area contributed by atoms with Gasteiger partial charge in [-0.1, -0.05) is 13.8 Å². The van der Waals surface area contributed by atoms with Crippen LogP contribution in [0.3, 0.4) is 0 Å². The molecule has 0 unspecified atom stereocenters. The predicted octanol–water partition coefficient (Wildman–Crippen LogP) is 3.65. The Morgan fingerprint density at radius 3 is 2.22 bits per heavy atom. The van der Waals surface area contributed by atoms with Crippen molar-refractivity contribution in [3.63, 3.8) is 0 Å². The highest BCUT2D eigenvalue weighted by molar-refractivity contribution is 5.83. The Morgan fingerprint density at radius 1 is 1.00 bits per heavy atom. The largest absolute Gasteiger partial charge is 0.497 e. The maximum absolute atomic E-state index is 11.8. The van der Waals surface area contributed by atoms with E-state index < -0.39 is 0 Å². The van der Waals surface area contributed by atoms with Gasteiger partial charge in [-0.15, -0.1) is 0 Å². The molecule has 2 aromatic carbocycles. The number of hydrazone groups is 1. The van der Waals surface area contributed by atoms with E-state index in [2.05, 4.69) is 24.4 Å². The molecule has 0 aliphatic rings. The van der Waals surface area contributed by atoms with Crippen molar-refractivity contribution in [2.24, 2.45) is 11.0 Å². The van der Waals surface area contributed by atoms with E-state index in [-0.39, 0.29) is 12.5 Å². The Morgan fingerprint density at radius 2 is 1.59 bits per heavy atom. The van der Waals surface area contributed by atoms with Gasteiger partial charge in [0.25, 0.3) is 5.91 Å². The number of hydrogen-bond acceptors (Lipinski definition) is 5. The number of nitrogens with zero attached hydrogens (tertiary/aromatic N) is 1. The zero-order valence-electron chi connectivity index (χ0n) is 16.0. The van der Waals surface area contributed by atoms with E-state index in [0.717, 1.165) is 23.5 Å². The molecule has 2 aromatic rings. The molecule has 6 nitrogen and oxygen atoms in total. The molecule has 0 atom stereocenters. The standard InChI is InChI=1S/C21H26N2O4/c1-16(2)12-13-26-19-6-4-17(5-7-19)14-22-23-21(24)15-27-20-10-8-18(25-3)9-11-20/h4-11,14,16H,12-13,15H2,1-3H3,(H,23,24)/b22-14-. The molecule has 0 fully saturated rings. The number of nitrogens with one attached hydrogen (secondary N) is 1. The maximum atomic E-state index is 11.8. The summed E-state index contributed by atoms with van der Waals surface area (Å²) in [5.74, 6) is 2.42. The lowest BCUT2D eigenvalue weighted by Gasteiger charge is -2.08. The molecule has 0 heterocycles. The van der Waals surface area contributed by atoms with E-state index >= 15 is 0 Å². The summed E-state index contributed by atoms with van der Waals surface area (Å²) in [6, 6.07) is 14.5. The summed E-state index contributed by atoms with van der Waals surface area (Å²) < 4.78 is 16.1. The van der Waals surface area contributed by atoms with Gasteiger partial charge in [0, 0.05) is 0 Å². The smallest absolute Gasteiger partial charge is 0.277 e. The third-order valence-corrected chi connectivity index (χ3v) is 3.68. The third kappa shape index (κ3) is 7.81. The molecule has 1 amide bonds. The van der Waals surface area contributed by atoms with Crippen molar-refractivity contribution in [3.8, 4) is 17.2 Å². The van der Waals surface area contributed by atoms with Crippen LogP contribution in [0.1, 0.15) is 25.8 Å². The van der Waals surface area contributed by atoms with Crippen LogP contribution in [0.15, 0.2) is 53.6 Å². The summed E-state index contributed by atoms with van der Waals surface area (Å²) in [7, 11) is 1.59. The second kappa shape index (κ2) is 10.9. The van der Waals surface area contributed by atoms with Crippen LogP contribution in [0, 0.1) is 5.92 Å². The fraction of sp³-hybridized carbons (Fsp3) is 0.333. The summed E-state index contributed by atoms with van der Waals surface area (Å²) in [4.78, 5) is 11.8. The van der Waals surface area contributed by atoms with Crippen molar-refractivity contribution in [2.45, 2.75) is 20.3 Å². The normalized spacial score (nSPS) is 10.8. The SMILES string of the molecule is COc1ccc(OCC(=O)N/N=C\c2ccc(OCCC(C)C)cc2)cc1. The molecule has 0 aliphatic carbocycles. The van der Waals surface area contributed by atoms with Crippen molar-refractivity contribution in [1.29, 1.82) is 0 Å². The van der Waals surface area contributed by atoms with E-state index in [1.165, 1.54) is 0 Å². The lowest BCUT2D eigenvalue weighted by atomic mass is 10.1. The molecular weight excluding hydrogens is 344 g/mol. The number of methoxy groups -OCH3 is 1. The first-order chi connectivity index (χ1) is 13.1. The Hall–Kier alpha value is -3.02. The van der Waals surface area contributed by atoms with Crippen LogP contribution in [0.25, 0.3) is 0 Å². The Labute approximate surface area is 160 Å². The van der Waals surface area contributed by atoms with Crippen LogP contribution in [0.2, 0.25) is 0 Å². The van der Waals surface area contributed by atoms with Gasteiger partial charge in [-0.05, 0) is 66.4 Å². The molecule has 0 saturated heterocycles. The monoisotopic (exact) mass is 370 g/mol. The van der Waals surface area contributed by atoms with Gasteiger partial charge in [-0.2, -0.15) is 5.10 Å². The lowest BCUT2D eigenvalue weighted by molar-refractivity contribution is -0.123. The van der Waals surface area contributed by atoms with Gasteiger partial charge < -0.3 is 14.2 Å². The summed E-state index contributed by atoms with van der Waals surface area (Å²) in [6.07, 6.45) is 2.59. The van der Waals surface area contributed by atoms with Gasteiger partial charge in [0.05, 0.1) is 19.9 Å². The minimum atomic E-state index is -0.337. The fourth-order valence-corrected chi connectivity index (χ4v) is 2.09. The van der Waals surface area contributed by atoms with Crippen LogP contribution in [0.4, 0.5) is 0 Å². The topological polar surface area (TPSA) is 69.2 Å². The van der Waals surface area contributed by atoms with E-state index in [1.807, 2.05) is 24.3 Å². The van der Waals surface area contributed by atoms with Gasteiger partial charge in [0.15, 0.2) is 6.61 Å². The van der Waals surface area contributed by atoms with Gasteiger partial charge in [0.1, 0.15) is 17.2 Å². The quantitative estimate of drug-likeness (QED) is 0.512. The molecular formula is C21H26N2O4. The highest BCUT2D eigenvalue weighted by Crippen LogP contribution is 2.16. The molecule has 2 rings (SSSR count). The second-order valence-electron chi connectivity index (χ2n) is 6.36. The first-order valence-corrected chi connectivity index (χ1v) is 8.88. The van der Waals surface area contributed by atoms with Crippen LogP contribution < -0.4 is 19.6 Å². The first-order valence-electron chi connectivity index (χ1n) is 8.88. The molecule has 0 spiro atoms. The van der Waals surface area contributed by atoms with Crippen LogP contribution in [-0.2, 0) is 4.79 Å². The first kappa shape index (κ1) is 20.3. The number of rotatable bonds is 10. The Bertz CT molecular complexity index is 725. The van der Waals surface area contributed by atoms with E-state index in [0.29, 0.717) is 18.3 Å². The lowest BCUT2D eigenvalue weighted by Crippen LogP contribution is -2.24.